The molecule has 2 aromatic carbocycles. The first-order valence-corrected chi connectivity index (χ1v) is 12.9. The van der Waals surface area contributed by atoms with Gasteiger partial charge in [-0.2, -0.15) is 0 Å². The number of halogens is 2. The van der Waals surface area contributed by atoms with Gasteiger partial charge in [0.05, 0.1) is 0 Å². The molecule has 2 aliphatic heterocycles. The van der Waals surface area contributed by atoms with E-state index in [1.54, 1.807) is 13.8 Å². The number of nitrogens with zero attached hydrogens (tertiary/aromatic N) is 2. The molecule has 0 radical (unpaired) electrons. The number of hydrogen-bond donors (Lipinski definition) is 2. The van der Waals surface area contributed by atoms with E-state index in [1.165, 1.54) is 18.6 Å². The Morgan fingerprint density at radius 3 is 2.44 bits per heavy atom. The SMILES string of the molecule is C.CC(=O)Nc1cccc(C2CCN(CCCNC(=O)N3C(=O)OC(C)(C)C3c3ccc(F)c(F)c3)CC2)c1. The highest BCUT2D eigenvalue weighted by molar-refractivity contribution is 5.93. The van der Waals surface area contributed by atoms with Crippen LogP contribution in [-0.2, 0) is 9.53 Å². The molecule has 2 heterocycles. The number of nitrogens with one attached hydrogen (secondary N) is 2. The summed E-state index contributed by atoms with van der Waals surface area (Å²) in [4.78, 5) is 40.1. The molecule has 39 heavy (non-hydrogen) atoms. The largest absolute Gasteiger partial charge is 0.440 e. The molecule has 212 valence electrons. The second-order valence-electron chi connectivity index (χ2n) is 10.4. The Morgan fingerprint density at radius 1 is 1.05 bits per heavy atom. The van der Waals surface area contributed by atoms with Crippen LogP contribution in [-0.4, -0.2) is 59.6 Å². The average molecular weight is 545 g/mol. The fourth-order valence-electron chi connectivity index (χ4n) is 5.33. The van der Waals surface area contributed by atoms with Crippen LogP contribution in [0.5, 0.6) is 0 Å². The summed E-state index contributed by atoms with van der Waals surface area (Å²) in [6, 6.07) is 9.77. The molecule has 4 amide bonds. The molecular formula is C29H38F2N4O4. The number of amides is 4. The number of imide groups is 1. The molecule has 0 saturated carbocycles. The summed E-state index contributed by atoms with van der Waals surface area (Å²) in [5.74, 6) is -1.72. The van der Waals surface area contributed by atoms with Crippen molar-refractivity contribution in [3.8, 4) is 0 Å². The molecule has 2 N–H and O–H groups in total. The van der Waals surface area contributed by atoms with E-state index in [0.717, 1.165) is 55.2 Å². The van der Waals surface area contributed by atoms with E-state index in [-0.39, 0.29) is 18.9 Å². The van der Waals surface area contributed by atoms with Gasteiger partial charge in [0.25, 0.3) is 0 Å². The van der Waals surface area contributed by atoms with Gasteiger partial charge in [-0.3, -0.25) is 4.79 Å². The number of benzene rings is 2. The molecule has 2 fully saturated rings. The van der Waals surface area contributed by atoms with Crippen molar-refractivity contribution in [1.29, 1.82) is 0 Å². The Kier molecular flexibility index (Phi) is 9.66. The van der Waals surface area contributed by atoms with Crippen LogP contribution in [0.3, 0.4) is 0 Å². The maximum Gasteiger partial charge on any atom is 0.419 e. The van der Waals surface area contributed by atoms with Crippen LogP contribution in [0.15, 0.2) is 42.5 Å². The van der Waals surface area contributed by atoms with Crippen LogP contribution in [0, 0.1) is 11.6 Å². The summed E-state index contributed by atoms with van der Waals surface area (Å²) in [6.07, 6.45) is 1.87. The van der Waals surface area contributed by atoms with Gasteiger partial charge in [0.2, 0.25) is 5.91 Å². The Labute approximate surface area is 228 Å². The van der Waals surface area contributed by atoms with Crippen molar-refractivity contribution in [3.05, 3.63) is 65.2 Å². The third-order valence-electron chi connectivity index (χ3n) is 7.14. The Morgan fingerprint density at radius 2 is 1.77 bits per heavy atom. The Bertz CT molecular complexity index is 1200. The minimum absolute atomic E-state index is 0. The summed E-state index contributed by atoms with van der Waals surface area (Å²) in [7, 11) is 0. The smallest absolute Gasteiger partial charge is 0.419 e. The standard InChI is InChI=1S/C28H34F2N4O4.CH4/c1-18(35)32-22-7-4-6-20(16-22)19-10-14-33(15-11-19)13-5-12-31-26(36)34-25(28(2,3)38-27(34)37)21-8-9-23(29)24(30)17-21;/h4,6-9,16-17,19,25H,5,10-15H2,1-3H3,(H,31,36)(H,32,35);1H4. The first kappa shape index (κ1) is 30.0. The number of anilines is 1. The van der Waals surface area contributed by atoms with E-state index in [4.69, 9.17) is 4.74 Å². The van der Waals surface area contributed by atoms with Gasteiger partial charge >= 0.3 is 12.1 Å². The molecule has 0 bridgehead atoms. The van der Waals surface area contributed by atoms with Crippen LogP contribution < -0.4 is 10.6 Å². The first-order valence-electron chi connectivity index (χ1n) is 12.9. The van der Waals surface area contributed by atoms with Crippen LogP contribution >= 0.6 is 0 Å². The maximum absolute atomic E-state index is 13.9. The predicted octanol–water partition coefficient (Wildman–Crippen LogP) is 5.81. The summed E-state index contributed by atoms with van der Waals surface area (Å²) < 4.78 is 32.7. The molecule has 10 heteroatoms. The number of carbonyl (C=O) groups excluding carboxylic acids is 3. The zero-order chi connectivity index (χ0) is 27.4. The van der Waals surface area contributed by atoms with Crippen LogP contribution in [0.1, 0.15) is 70.5 Å². The number of rotatable bonds is 7. The number of ether oxygens (including phenoxy) is 1. The van der Waals surface area contributed by atoms with Gasteiger partial charge in [0.15, 0.2) is 11.6 Å². The minimum Gasteiger partial charge on any atom is -0.440 e. The number of cyclic esters (lactones) is 1. The number of urea groups is 1. The summed E-state index contributed by atoms with van der Waals surface area (Å²) in [6.45, 7) is 7.75. The van der Waals surface area contributed by atoms with Crippen molar-refractivity contribution in [2.45, 2.75) is 65.0 Å². The molecule has 0 aliphatic carbocycles. The van der Waals surface area contributed by atoms with Gasteiger partial charge in [-0.05, 0) is 94.1 Å². The predicted molar refractivity (Wildman–Crippen MR) is 145 cm³/mol. The monoisotopic (exact) mass is 544 g/mol. The van der Waals surface area contributed by atoms with Gasteiger partial charge in [-0.15, -0.1) is 0 Å². The van der Waals surface area contributed by atoms with Crippen LogP contribution in [0.2, 0.25) is 0 Å². The van der Waals surface area contributed by atoms with Crippen LogP contribution in [0.25, 0.3) is 0 Å². The minimum atomic E-state index is -1.11. The molecule has 2 aromatic rings. The van der Waals surface area contributed by atoms with E-state index < -0.39 is 35.4 Å². The molecule has 8 nitrogen and oxygen atoms in total. The third-order valence-corrected chi connectivity index (χ3v) is 7.14. The molecular weight excluding hydrogens is 506 g/mol. The zero-order valence-corrected chi connectivity index (χ0v) is 21.9. The molecule has 2 saturated heterocycles. The van der Waals surface area contributed by atoms with E-state index in [1.807, 2.05) is 18.2 Å². The van der Waals surface area contributed by atoms with Gasteiger partial charge in [0, 0.05) is 19.2 Å². The summed E-state index contributed by atoms with van der Waals surface area (Å²) in [5.41, 5.74) is 1.20. The Balaban J connectivity index is 0.00000420. The topological polar surface area (TPSA) is 91.0 Å². The fourth-order valence-corrected chi connectivity index (χ4v) is 5.33. The van der Waals surface area contributed by atoms with Crippen molar-refractivity contribution in [3.63, 3.8) is 0 Å². The fraction of sp³-hybridized carbons (Fsp3) is 0.483. The lowest BCUT2D eigenvalue weighted by Crippen LogP contribution is -2.44. The highest BCUT2D eigenvalue weighted by Gasteiger charge is 2.51. The molecule has 4 rings (SSSR count). The lowest BCUT2D eigenvalue weighted by Gasteiger charge is -2.32. The van der Waals surface area contributed by atoms with Gasteiger partial charge in [0.1, 0.15) is 11.6 Å². The number of piperidine rings is 1. The molecule has 2 aliphatic rings. The molecule has 1 unspecified atom stereocenters. The normalized spacial score (nSPS) is 19.3. The first-order chi connectivity index (χ1) is 18.0. The van der Waals surface area contributed by atoms with Crippen LogP contribution in [0.4, 0.5) is 24.1 Å². The van der Waals surface area contributed by atoms with Crippen molar-refractivity contribution in [2.24, 2.45) is 0 Å². The highest BCUT2D eigenvalue weighted by atomic mass is 19.2. The quantitative estimate of drug-likeness (QED) is 0.430. The van der Waals surface area contributed by atoms with E-state index >= 15 is 0 Å². The lowest BCUT2D eigenvalue weighted by molar-refractivity contribution is -0.114. The van der Waals surface area contributed by atoms with Crippen molar-refractivity contribution in [2.75, 3.05) is 31.5 Å². The second-order valence-corrected chi connectivity index (χ2v) is 10.4. The second kappa shape index (κ2) is 12.5. The summed E-state index contributed by atoms with van der Waals surface area (Å²) in [5, 5.41) is 5.60. The zero-order valence-electron chi connectivity index (χ0n) is 21.9. The van der Waals surface area contributed by atoms with Crippen molar-refractivity contribution < 1.29 is 27.9 Å². The molecule has 0 aromatic heterocycles. The highest BCUT2D eigenvalue weighted by Crippen LogP contribution is 2.41. The average Bonchev–Trinajstić information content (AvgIpc) is 3.11. The van der Waals surface area contributed by atoms with E-state index in [2.05, 4.69) is 21.6 Å². The number of carbonyl (C=O) groups is 3. The third kappa shape index (κ3) is 7.11. The number of likely N-dealkylation sites (tertiary alicyclic amines) is 1. The Hall–Kier alpha value is -3.53. The molecule has 1 atom stereocenters. The van der Waals surface area contributed by atoms with Gasteiger partial charge in [-0.1, -0.05) is 25.6 Å². The van der Waals surface area contributed by atoms with E-state index in [0.29, 0.717) is 18.9 Å². The van der Waals surface area contributed by atoms with E-state index in [9.17, 15) is 23.2 Å². The van der Waals surface area contributed by atoms with Crippen molar-refractivity contribution in [1.82, 2.24) is 15.1 Å². The lowest BCUT2D eigenvalue weighted by atomic mass is 9.89. The number of hydrogen-bond acceptors (Lipinski definition) is 5. The van der Waals surface area contributed by atoms with Crippen molar-refractivity contribution >= 4 is 23.7 Å². The van der Waals surface area contributed by atoms with Gasteiger partial charge in [-0.25, -0.2) is 23.3 Å². The molecule has 0 spiro atoms. The van der Waals surface area contributed by atoms with Gasteiger partial charge < -0.3 is 20.3 Å². The summed E-state index contributed by atoms with van der Waals surface area (Å²) >= 11 is 0. The maximum atomic E-state index is 13.9.